The first-order valence-corrected chi connectivity index (χ1v) is 8.61. The summed E-state index contributed by atoms with van der Waals surface area (Å²) in [6, 6.07) is 6.70. The lowest BCUT2D eigenvalue weighted by Gasteiger charge is -2.39. The zero-order valence-electron chi connectivity index (χ0n) is 14.7. The molecule has 1 fully saturated rings. The van der Waals surface area contributed by atoms with E-state index >= 15 is 0 Å². The lowest BCUT2D eigenvalue weighted by molar-refractivity contribution is -0.131. The summed E-state index contributed by atoms with van der Waals surface area (Å²) in [5.41, 5.74) is 4.28. The van der Waals surface area contributed by atoms with Crippen molar-refractivity contribution in [1.82, 2.24) is 4.90 Å². The van der Waals surface area contributed by atoms with Gasteiger partial charge in [0.05, 0.1) is 0 Å². The van der Waals surface area contributed by atoms with Gasteiger partial charge < -0.3 is 9.80 Å². The van der Waals surface area contributed by atoms with Crippen molar-refractivity contribution in [3.05, 3.63) is 29.3 Å². The lowest BCUT2D eigenvalue weighted by Crippen LogP contribution is -2.49. The molecule has 1 saturated heterocycles. The number of benzene rings is 1. The van der Waals surface area contributed by atoms with Gasteiger partial charge in [0, 0.05) is 38.3 Å². The molecular weight excluding hydrogens is 272 g/mol. The molecule has 1 aromatic rings. The fourth-order valence-corrected chi connectivity index (χ4v) is 3.28. The van der Waals surface area contributed by atoms with E-state index in [4.69, 9.17) is 0 Å². The fraction of sp³-hybridized carbons (Fsp3) is 0.632. The van der Waals surface area contributed by atoms with Crippen LogP contribution < -0.4 is 4.90 Å². The summed E-state index contributed by atoms with van der Waals surface area (Å²) in [7, 11) is 0. The third-order valence-corrected chi connectivity index (χ3v) is 4.59. The van der Waals surface area contributed by atoms with Crippen LogP contribution in [0.1, 0.15) is 64.0 Å². The molecule has 1 aliphatic rings. The maximum atomic E-state index is 11.9. The largest absolute Gasteiger partial charge is 0.368 e. The quantitative estimate of drug-likeness (QED) is 0.839. The minimum Gasteiger partial charge on any atom is -0.368 e. The molecule has 1 aromatic carbocycles. The molecule has 122 valence electrons. The number of para-hydroxylation sites is 1. The number of rotatable bonds is 4. The zero-order valence-corrected chi connectivity index (χ0v) is 14.7. The molecule has 0 N–H and O–H groups in total. The smallest absolute Gasteiger partial charge is 0.222 e. The normalized spacial score (nSPS) is 15.8. The van der Waals surface area contributed by atoms with Gasteiger partial charge in [0.2, 0.25) is 5.91 Å². The van der Waals surface area contributed by atoms with Crippen LogP contribution in [-0.2, 0) is 4.79 Å². The van der Waals surface area contributed by atoms with Gasteiger partial charge in [-0.25, -0.2) is 0 Å². The summed E-state index contributed by atoms with van der Waals surface area (Å²) in [6.45, 7) is 14.6. The van der Waals surface area contributed by atoms with E-state index in [1.54, 1.807) is 0 Å². The number of hydrogen-bond acceptors (Lipinski definition) is 2. The highest BCUT2D eigenvalue weighted by molar-refractivity contribution is 5.76. The highest BCUT2D eigenvalue weighted by Crippen LogP contribution is 2.35. The van der Waals surface area contributed by atoms with E-state index in [0.29, 0.717) is 18.3 Å². The standard InChI is InChI=1S/C19H30N2O/c1-6-18(22)20-10-12-21(13-11-20)19-16(14(2)3)8-7-9-17(19)15(4)5/h7-9,14-15H,6,10-13H2,1-5H3. The van der Waals surface area contributed by atoms with Gasteiger partial charge in [0.25, 0.3) is 0 Å². The Morgan fingerprint density at radius 2 is 1.50 bits per heavy atom. The van der Waals surface area contributed by atoms with E-state index in [1.165, 1.54) is 16.8 Å². The van der Waals surface area contributed by atoms with Gasteiger partial charge in [-0.2, -0.15) is 0 Å². The minimum absolute atomic E-state index is 0.279. The van der Waals surface area contributed by atoms with Crippen molar-refractivity contribution in [1.29, 1.82) is 0 Å². The van der Waals surface area contributed by atoms with E-state index in [2.05, 4.69) is 50.8 Å². The van der Waals surface area contributed by atoms with E-state index in [9.17, 15) is 4.79 Å². The Hall–Kier alpha value is -1.51. The van der Waals surface area contributed by atoms with Gasteiger partial charge in [-0.3, -0.25) is 4.79 Å². The van der Waals surface area contributed by atoms with Crippen LogP contribution in [0.2, 0.25) is 0 Å². The number of anilines is 1. The van der Waals surface area contributed by atoms with Crippen molar-refractivity contribution < 1.29 is 4.79 Å². The van der Waals surface area contributed by atoms with Crippen LogP contribution in [0.15, 0.2) is 18.2 Å². The number of amides is 1. The van der Waals surface area contributed by atoms with Crippen LogP contribution in [0.3, 0.4) is 0 Å². The molecule has 0 aromatic heterocycles. The van der Waals surface area contributed by atoms with Crippen molar-refractivity contribution in [3.63, 3.8) is 0 Å². The fourth-order valence-electron chi connectivity index (χ4n) is 3.28. The molecule has 0 unspecified atom stereocenters. The zero-order chi connectivity index (χ0) is 16.3. The van der Waals surface area contributed by atoms with Crippen LogP contribution >= 0.6 is 0 Å². The Labute approximate surface area is 135 Å². The molecule has 0 aliphatic carbocycles. The molecule has 0 saturated carbocycles. The summed E-state index contributed by atoms with van der Waals surface area (Å²) >= 11 is 0. The summed E-state index contributed by atoms with van der Waals surface area (Å²) in [5.74, 6) is 1.31. The Morgan fingerprint density at radius 1 is 1.00 bits per heavy atom. The van der Waals surface area contributed by atoms with Gasteiger partial charge in [0.15, 0.2) is 0 Å². The monoisotopic (exact) mass is 302 g/mol. The summed E-state index contributed by atoms with van der Waals surface area (Å²) in [5, 5.41) is 0. The molecule has 1 amide bonds. The highest BCUT2D eigenvalue weighted by Gasteiger charge is 2.24. The van der Waals surface area contributed by atoms with E-state index in [0.717, 1.165) is 26.2 Å². The molecule has 1 aliphatic heterocycles. The molecular formula is C19H30N2O. The maximum Gasteiger partial charge on any atom is 0.222 e. The number of piperazine rings is 1. The topological polar surface area (TPSA) is 23.6 Å². The first kappa shape index (κ1) is 16.9. The number of carbonyl (C=O) groups is 1. The predicted molar refractivity (Wildman–Crippen MR) is 93.7 cm³/mol. The van der Waals surface area contributed by atoms with Crippen LogP contribution in [0.4, 0.5) is 5.69 Å². The third kappa shape index (κ3) is 3.45. The van der Waals surface area contributed by atoms with E-state index in [1.807, 2.05) is 11.8 Å². The number of hydrogen-bond donors (Lipinski definition) is 0. The molecule has 3 nitrogen and oxygen atoms in total. The van der Waals surface area contributed by atoms with Crippen LogP contribution in [0.5, 0.6) is 0 Å². The number of carbonyl (C=O) groups excluding carboxylic acids is 1. The predicted octanol–water partition coefficient (Wildman–Crippen LogP) is 3.99. The average molecular weight is 302 g/mol. The molecule has 0 radical (unpaired) electrons. The van der Waals surface area contributed by atoms with Crippen molar-refractivity contribution in [3.8, 4) is 0 Å². The summed E-state index contributed by atoms with van der Waals surface area (Å²) in [4.78, 5) is 16.4. The second-order valence-electron chi connectivity index (χ2n) is 6.82. The van der Waals surface area contributed by atoms with Gasteiger partial charge in [-0.05, 0) is 23.0 Å². The van der Waals surface area contributed by atoms with Crippen LogP contribution in [-0.4, -0.2) is 37.0 Å². The van der Waals surface area contributed by atoms with Gasteiger partial charge in [-0.15, -0.1) is 0 Å². The van der Waals surface area contributed by atoms with Crippen molar-refractivity contribution in [2.45, 2.75) is 52.9 Å². The van der Waals surface area contributed by atoms with Gasteiger partial charge >= 0.3 is 0 Å². The molecule has 3 heteroatoms. The highest BCUT2D eigenvalue weighted by atomic mass is 16.2. The van der Waals surface area contributed by atoms with E-state index < -0.39 is 0 Å². The molecule has 0 atom stereocenters. The van der Waals surface area contributed by atoms with E-state index in [-0.39, 0.29) is 5.91 Å². The van der Waals surface area contributed by atoms with Crippen molar-refractivity contribution in [2.75, 3.05) is 31.1 Å². The first-order chi connectivity index (χ1) is 10.5. The Balaban J connectivity index is 2.27. The van der Waals surface area contributed by atoms with Crippen molar-refractivity contribution in [2.24, 2.45) is 0 Å². The molecule has 0 bridgehead atoms. The lowest BCUT2D eigenvalue weighted by atomic mass is 9.91. The molecule has 1 heterocycles. The maximum absolute atomic E-state index is 11.9. The first-order valence-electron chi connectivity index (χ1n) is 8.61. The molecule has 0 spiro atoms. The Kier molecular flexibility index (Phi) is 5.49. The second-order valence-corrected chi connectivity index (χ2v) is 6.82. The Bertz CT molecular complexity index is 488. The number of nitrogens with zero attached hydrogens (tertiary/aromatic N) is 2. The summed E-state index contributed by atoms with van der Waals surface area (Å²) < 4.78 is 0. The third-order valence-electron chi connectivity index (χ3n) is 4.59. The average Bonchev–Trinajstić information content (AvgIpc) is 2.53. The molecule has 2 rings (SSSR count). The minimum atomic E-state index is 0.279. The van der Waals surface area contributed by atoms with Gasteiger partial charge in [-0.1, -0.05) is 52.8 Å². The Morgan fingerprint density at radius 3 is 1.91 bits per heavy atom. The van der Waals surface area contributed by atoms with Crippen molar-refractivity contribution >= 4 is 11.6 Å². The molecule has 22 heavy (non-hydrogen) atoms. The van der Waals surface area contributed by atoms with Crippen LogP contribution in [0.25, 0.3) is 0 Å². The van der Waals surface area contributed by atoms with Crippen LogP contribution in [0, 0.1) is 0 Å². The van der Waals surface area contributed by atoms with Gasteiger partial charge in [0.1, 0.15) is 0 Å². The summed E-state index contributed by atoms with van der Waals surface area (Å²) in [6.07, 6.45) is 0.611. The second kappa shape index (κ2) is 7.17. The SMILES string of the molecule is CCC(=O)N1CCN(c2c(C(C)C)cccc2C(C)C)CC1.